The zero-order chi connectivity index (χ0) is 18.0. The molecular weight excluding hydrogens is 326 g/mol. The Morgan fingerprint density at radius 3 is 2.80 bits per heavy atom. The molecule has 0 radical (unpaired) electrons. The first-order valence-electron chi connectivity index (χ1n) is 8.21. The minimum atomic E-state index is -0.490. The number of ether oxygens (including phenoxy) is 1. The molecule has 1 unspecified atom stereocenters. The van der Waals surface area contributed by atoms with E-state index in [1.807, 2.05) is 13.8 Å². The van der Waals surface area contributed by atoms with Crippen LogP contribution < -0.4 is 5.32 Å². The molecule has 1 aromatic carbocycles. The van der Waals surface area contributed by atoms with Crippen molar-refractivity contribution in [2.75, 3.05) is 38.2 Å². The highest BCUT2D eigenvalue weighted by molar-refractivity contribution is 5.98. The van der Waals surface area contributed by atoms with E-state index in [4.69, 9.17) is 9.57 Å². The summed E-state index contributed by atoms with van der Waals surface area (Å²) in [6.07, 6.45) is -0.490. The van der Waals surface area contributed by atoms with E-state index < -0.39 is 6.09 Å². The standard InChI is InChI=1S/C17H21N3O5/c1-11-8-20(25-10-11)16(22)13-4-3-12(2)14(7-13)18-15(21)9-19-5-6-24-17(19)23/h3-4,7,11H,5-6,8-10H2,1-2H3,(H,18,21). The third-order valence-electron chi connectivity index (χ3n) is 4.16. The summed E-state index contributed by atoms with van der Waals surface area (Å²) in [5.41, 5.74) is 1.80. The lowest BCUT2D eigenvalue weighted by atomic mass is 10.1. The van der Waals surface area contributed by atoms with Gasteiger partial charge < -0.3 is 10.1 Å². The van der Waals surface area contributed by atoms with Gasteiger partial charge in [-0.25, -0.2) is 9.86 Å². The molecule has 1 N–H and O–H groups in total. The topological polar surface area (TPSA) is 88.2 Å². The summed E-state index contributed by atoms with van der Waals surface area (Å²) < 4.78 is 4.80. The number of anilines is 1. The van der Waals surface area contributed by atoms with Gasteiger partial charge in [0.15, 0.2) is 0 Å². The van der Waals surface area contributed by atoms with Gasteiger partial charge in [0.25, 0.3) is 5.91 Å². The molecular formula is C17H21N3O5. The van der Waals surface area contributed by atoms with E-state index in [9.17, 15) is 14.4 Å². The van der Waals surface area contributed by atoms with Crippen molar-refractivity contribution in [3.8, 4) is 0 Å². The number of carbonyl (C=O) groups excluding carboxylic acids is 3. The summed E-state index contributed by atoms with van der Waals surface area (Å²) in [6, 6.07) is 5.11. The predicted octanol–water partition coefficient (Wildman–Crippen LogP) is 1.41. The van der Waals surface area contributed by atoms with Crippen LogP contribution in [0.2, 0.25) is 0 Å². The highest BCUT2D eigenvalue weighted by Gasteiger charge is 2.27. The molecule has 8 heteroatoms. The van der Waals surface area contributed by atoms with Crippen LogP contribution in [0.15, 0.2) is 18.2 Å². The molecule has 2 saturated heterocycles. The molecule has 3 amide bonds. The van der Waals surface area contributed by atoms with Crippen LogP contribution >= 0.6 is 0 Å². The van der Waals surface area contributed by atoms with Crippen molar-refractivity contribution in [1.29, 1.82) is 0 Å². The van der Waals surface area contributed by atoms with Gasteiger partial charge in [0, 0.05) is 17.2 Å². The molecule has 25 heavy (non-hydrogen) atoms. The summed E-state index contributed by atoms with van der Waals surface area (Å²) in [5.74, 6) is -0.269. The fourth-order valence-electron chi connectivity index (χ4n) is 2.71. The van der Waals surface area contributed by atoms with E-state index in [1.54, 1.807) is 18.2 Å². The number of amides is 3. The van der Waals surface area contributed by atoms with Gasteiger partial charge in [0.2, 0.25) is 5.91 Å². The molecule has 3 rings (SSSR count). The summed E-state index contributed by atoms with van der Waals surface area (Å²) in [4.78, 5) is 42.8. The summed E-state index contributed by atoms with van der Waals surface area (Å²) in [7, 11) is 0. The van der Waals surface area contributed by atoms with Gasteiger partial charge in [0.05, 0.1) is 19.7 Å². The van der Waals surface area contributed by atoms with Crippen molar-refractivity contribution in [3.05, 3.63) is 29.3 Å². The van der Waals surface area contributed by atoms with Gasteiger partial charge in [0.1, 0.15) is 13.2 Å². The molecule has 2 aliphatic rings. The summed E-state index contributed by atoms with van der Waals surface area (Å²) >= 11 is 0. The number of nitrogens with zero attached hydrogens (tertiary/aromatic N) is 2. The van der Waals surface area contributed by atoms with Crippen LogP contribution in [0, 0.1) is 12.8 Å². The monoisotopic (exact) mass is 347 g/mol. The summed E-state index contributed by atoms with van der Waals surface area (Å²) in [6.45, 7) is 5.53. The van der Waals surface area contributed by atoms with Crippen molar-refractivity contribution in [2.45, 2.75) is 13.8 Å². The number of aryl methyl sites for hydroxylation is 1. The number of nitrogens with one attached hydrogen (secondary N) is 1. The number of benzene rings is 1. The normalized spacial score (nSPS) is 19.9. The predicted molar refractivity (Wildman–Crippen MR) is 88.9 cm³/mol. The number of cyclic esters (lactones) is 1. The van der Waals surface area contributed by atoms with E-state index in [2.05, 4.69) is 5.32 Å². The van der Waals surface area contributed by atoms with E-state index in [1.165, 1.54) is 9.96 Å². The van der Waals surface area contributed by atoms with E-state index in [-0.39, 0.29) is 18.4 Å². The van der Waals surface area contributed by atoms with E-state index in [0.717, 1.165) is 5.56 Å². The van der Waals surface area contributed by atoms with E-state index in [0.29, 0.717) is 43.5 Å². The quantitative estimate of drug-likeness (QED) is 0.890. The third kappa shape index (κ3) is 3.90. The van der Waals surface area contributed by atoms with Gasteiger partial charge in [-0.05, 0) is 24.6 Å². The van der Waals surface area contributed by atoms with Gasteiger partial charge in [-0.3, -0.25) is 19.3 Å². The molecule has 0 aliphatic carbocycles. The molecule has 1 aromatic rings. The Morgan fingerprint density at radius 2 is 2.16 bits per heavy atom. The third-order valence-corrected chi connectivity index (χ3v) is 4.16. The molecule has 2 heterocycles. The largest absolute Gasteiger partial charge is 0.448 e. The molecule has 2 fully saturated rings. The number of hydrogen-bond donors (Lipinski definition) is 1. The SMILES string of the molecule is Cc1ccc(C(=O)N2CC(C)CO2)cc1NC(=O)CN1CCOC1=O. The highest BCUT2D eigenvalue weighted by atomic mass is 16.7. The summed E-state index contributed by atoms with van der Waals surface area (Å²) in [5, 5.41) is 4.10. The maximum Gasteiger partial charge on any atom is 0.410 e. The first-order valence-corrected chi connectivity index (χ1v) is 8.21. The van der Waals surface area contributed by atoms with Crippen molar-refractivity contribution in [2.24, 2.45) is 5.92 Å². The second-order valence-electron chi connectivity index (χ2n) is 6.38. The second-order valence-corrected chi connectivity index (χ2v) is 6.38. The lowest BCUT2D eigenvalue weighted by Gasteiger charge is -2.17. The van der Waals surface area contributed by atoms with Crippen molar-refractivity contribution in [3.63, 3.8) is 0 Å². The smallest absolute Gasteiger partial charge is 0.410 e. The van der Waals surface area contributed by atoms with Crippen molar-refractivity contribution in [1.82, 2.24) is 9.96 Å². The second kappa shape index (κ2) is 7.10. The molecule has 0 bridgehead atoms. The van der Waals surface area contributed by atoms with Crippen LogP contribution in [0.3, 0.4) is 0 Å². The van der Waals surface area contributed by atoms with Crippen molar-refractivity contribution >= 4 is 23.6 Å². The Hall–Kier alpha value is -2.61. The zero-order valence-corrected chi connectivity index (χ0v) is 14.3. The minimum absolute atomic E-state index is 0.0802. The Labute approximate surface area is 145 Å². The molecule has 1 atom stereocenters. The number of rotatable bonds is 4. The maximum atomic E-state index is 12.5. The van der Waals surface area contributed by atoms with Gasteiger partial charge in [-0.1, -0.05) is 13.0 Å². The minimum Gasteiger partial charge on any atom is -0.448 e. The first kappa shape index (κ1) is 17.2. The average molecular weight is 347 g/mol. The van der Waals surface area contributed by atoms with Crippen LogP contribution in [0.25, 0.3) is 0 Å². The van der Waals surface area contributed by atoms with Crippen LogP contribution in [-0.4, -0.2) is 60.7 Å². The average Bonchev–Trinajstić information content (AvgIpc) is 3.18. The number of carbonyl (C=O) groups is 3. The molecule has 0 saturated carbocycles. The molecule has 134 valence electrons. The number of hydroxylamine groups is 2. The fraction of sp³-hybridized carbons (Fsp3) is 0.471. The Balaban J connectivity index is 1.67. The van der Waals surface area contributed by atoms with Gasteiger partial charge >= 0.3 is 6.09 Å². The van der Waals surface area contributed by atoms with Crippen LogP contribution in [0.5, 0.6) is 0 Å². The van der Waals surface area contributed by atoms with Crippen LogP contribution in [0.4, 0.5) is 10.5 Å². The number of hydrogen-bond acceptors (Lipinski definition) is 5. The lowest BCUT2D eigenvalue weighted by Crippen LogP contribution is -2.34. The Bertz CT molecular complexity index is 706. The molecule has 0 aromatic heterocycles. The first-order chi connectivity index (χ1) is 11.9. The fourth-order valence-corrected chi connectivity index (χ4v) is 2.71. The zero-order valence-electron chi connectivity index (χ0n) is 14.3. The Kier molecular flexibility index (Phi) is 4.89. The van der Waals surface area contributed by atoms with Gasteiger partial charge in [-0.2, -0.15) is 0 Å². The van der Waals surface area contributed by atoms with Gasteiger partial charge in [-0.15, -0.1) is 0 Å². The molecule has 0 spiro atoms. The molecule has 2 aliphatic heterocycles. The molecule has 8 nitrogen and oxygen atoms in total. The van der Waals surface area contributed by atoms with E-state index >= 15 is 0 Å². The highest BCUT2D eigenvalue weighted by Crippen LogP contribution is 2.21. The Morgan fingerprint density at radius 1 is 1.36 bits per heavy atom. The van der Waals surface area contributed by atoms with Crippen LogP contribution in [0.1, 0.15) is 22.8 Å². The lowest BCUT2D eigenvalue weighted by molar-refractivity contribution is -0.116. The maximum absolute atomic E-state index is 12.5. The van der Waals surface area contributed by atoms with Crippen molar-refractivity contribution < 1.29 is 24.0 Å². The van der Waals surface area contributed by atoms with Crippen LogP contribution in [-0.2, 0) is 14.4 Å².